The number of nitrogens with one attached hydrogen (secondary N) is 2. The van der Waals surface area contributed by atoms with Gasteiger partial charge in [0.25, 0.3) is 0 Å². The largest absolute Gasteiger partial charge is 0.444 e. The SMILES string of the molecule is CC(C)(C)OC(=O)NC(=N)N(CCCCCCCN)C(=O)OC(C)(C)C. The summed E-state index contributed by atoms with van der Waals surface area (Å²) < 4.78 is 10.5. The molecule has 0 saturated heterocycles. The zero-order valence-electron chi connectivity index (χ0n) is 17.1. The minimum absolute atomic E-state index is 0.284. The van der Waals surface area contributed by atoms with Crippen LogP contribution >= 0.6 is 0 Å². The average molecular weight is 373 g/mol. The van der Waals surface area contributed by atoms with Crippen molar-refractivity contribution in [2.24, 2.45) is 5.73 Å². The maximum absolute atomic E-state index is 12.4. The van der Waals surface area contributed by atoms with Gasteiger partial charge in [-0.15, -0.1) is 0 Å². The first kappa shape index (κ1) is 24.2. The number of hydrogen-bond acceptors (Lipinski definition) is 6. The van der Waals surface area contributed by atoms with Crippen LogP contribution in [-0.4, -0.2) is 47.3 Å². The molecule has 0 unspecified atom stereocenters. The van der Waals surface area contributed by atoms with Crippen molar-refractivity contribution in [3.63, 3.8) is 0 Å². The van der Waals surface area contributed by atoms with Crippen molar-refractivity contribution in [2.75, 3.05) is 13.1 Å². The van der Waals surface area contributed by atoms with Gasteiger partial charge < -0.3 is 15.2 Å². The van der Waals surface area contributed by atoms with Gasteiger partial charge in [0, 0.05) is 6.54 Å². The molecule has 8 heteroatoms. The number of amides is 2. The Bertz CT molecular complexity index is 467. The van der Waals surface area contributed by atoms with E-state index in [4.69, 9.17) is 20.6 Å². The van der Waals surface area contributed by atoms with Crippen molar-refractivity contribution >= 4 is 18.1 Å². The van der Waals surface area contributed by atoms with E-state index in [-0.39, 0.29) is 12.5 Å². The topological polar surface area (TPSA) is 118 Å². The number of nitrogens with two attached hydrogens (primary N) is 1. The van der Waals surface area contributed by atoms with E-state index in [9.17, 15) is 9.59 Å². The van der Waals surface area contributed by atoms with Gasteiger partial charge in [-0.3, -0.25) is 10.7 Å². The van der Waals surface area contributed by atoms with Crippen LogP contribution in [0.15, 0.2) is 0 Å². The predicted octanol–water partition coefficient (Wildman–Crippen LogP) is 3.59. The molecule has 2 amide bonds. The maximum Gasteiger partial charge on any atom is 0.417 e. The zero-order valence-corrected chi connectivity index (χ0v) is 17.1. The molecule has 0 heterocycles. The second-order valence-electron chi connectivity index (χ2n) is 8.16. The molecular weight excluding hydrogens is 336 g/mol. The number of hydrogen-bond donors (Lipinski definition) is 3. The molecule has 152 valence electrons. The summed E-state index contributed by atoms with van der Waals surface area (Å²) in [5.41, 5.74) is 4.09. The van der Waals surface area contributed by atoms with Gasteiger partial charge in [0.05, 0.1) is 0 Å². The van der Waals surface area contributed by atoms with Gasteiger partial charge in [0.15, 0.2) is 0 Å². The summed E-state index contributed by atoms with van der Waals surface area (Å²) in [5, 5.41) is 10.4. The van der Waals surface area contributed by atoms with Crippen LogP contribution in [0.4, 0.5) is 9.59 Å². The van der Waals surface area contributed by atoms with E-state index in [1.54, 1.807) is 41.5 Å². The van der Waals surface area contributed by atoms with Crippen molar-refractivity contribution < 1.29 is 19.1 Å². The van der Waals surface area contributed by atoms with Crippen LogP contribution in [0.3, 0.4) is 0 Å². The quantitative estimate of drug-likeness (QED) is 0.358. The van der Waals surface area contributed by atoms with Gasteiger partial charge in [-0.25, -0.2) is 14.5 Å². The molecule has 0 bridgehead atoms. The van der Waals surface area contributed by atoms with Crippen molar-refractivity contribution in [2.45, 2.75) is 84.8 Å². The van der Waals surface area contributed by atoms with Crippen LogP contribution in [-0.2, 0) is 9.47 Å². The molecule has 0 aromatic rings. The standard InChI is InChI=1S/C18H36N4O4/c1-17(2,3)25-15(23)21-14(20)22(16(24)26-18(4,5)6)13-11-9-7-8-10-12-19/h7-13,19H2,1-6H3,(H2,20,21,23). The normalized spacial score (nSPS) is 11.7. The number of rotatable bonds is 7. The lowest BCUT2D eigenvalue weighted by Crippen LogP contribution is -2.49. The first-order valence-electron chi connectivity index (χ1n) is 9.15. The second-order valence-corrected chi connectivity index (χ2v) is 8.16. The molecule has 0 rings (SSSR count). The van der Waals surface area contributed by atoms with Crippen molar-refractivity contribution in [1.29, 1.82) is 5.41 Å². The number of carbonyl (C=O) groups excluding carboxylic acids is 2. The van der Waals surface area contributed by atoms with E-state index in [2.05, 4.69) is 5.32 Å². The summed E-state index contributed by atoms with van der Waals surface area (Å²) in [6, 6.07) is 0. The van der Waals surface area contributed by atoms with Gasteiger partial charge in [-0.2, -0.15) is 0 Å². The van der Waals surface area contributed by atoms with Crippen LogP contribution in [0.5, 0.6) is 0 Å². The van der Waals surface area contributed by atoms with E-state index >= 15 is 0 Å². The summed E-state index contributed by atoms with van der Waals surface area (Å²) in [4.78, 5) is 25.4. The third kappa shape index (κ3) is 12.5. The van der Waals surface area contributed by atoms with E-state index in [1.165, 1.54) is 0 Å². The lowest BCUT2D eigenvalue weighted by Gasteiger charge is -2.28. The van der Waals surface area contributed by atoms with Crippen molar-refractivity contribution in [1.82, 2.24) is 10.2 Å². The molecule has 0 saturated carbocycles. The fourth-order valence-electron chi connectivity index (χ4n) is 2.02. The zero-order chi connectivity index (χ0) is 20.4. The third-order valence-corrected chi connectivity index (χ3v) is 3.09. The van der Waals surface area contributed by atoms with Crippen LogP contribution in [0, 0.1) is 5.41 Å². The Balaban J connectivity index is 4.77. The molecule has 0 aromatic carbocycles. The molecule has 0 aliphatic heterocycles. The Morgan fingerprint density at radius 3 is 1.92 bits per heavy atom. The molecule has 0 aliphatic carbocycles. The summed E-state index contributed by atoms with van der Waals surface area (Å²) in [5.74, 6) is -0.351. The number of ether oxygens (including phenoxy) is 2. The number of alkyl carbamates (subject to hydrolysis) is 1. The van der Waals surface area contributed by atoms with Crippen molar-refractivity contribution in [3.8, 4) is 0 Å². The fraction of sp³-hybridized carbons (Fsp3) is 0.833. The molecule has 0 fully saturated rings. The summed E-state index contributed by atoms with van der Waals surface area (Å²) in [6.07, 6.45) is 3.18. The third-order valence-electron chi connectivity index (χ3n) is 3.09. The summed E-state index contributed by atoms with van der Waals surface area (Å²) in [7, 11) is 0. The monoisotopic (exact) mass is 372 g/mol. The van der Waals surface area contributed by atoms with Gasteiger partial charge >= 0.3 is 12.2 Å². The number of carbonyl (C=O) groups is 2. The molecule has 4 N–H and O–H groups in total. The van der Waals surface area contributed by atoms with E-state index in [1.807, 2.05) is 0 Å². The number of nitrogens with zero attached hydrogens (tertiary/aromatic N) is 1. The van der Waals surface area contributed by atoms with E-state index in [0.29, 0.717) is 13.0 Å². The van der Waals surface area contributed by atoms with Crippen molar-refractivity contribution in [3.05, 3.63) is 0 Å². The molecule has 0 atom stereocenters. The predicted molar refractivity (Wildman–Crippen MR) is 102 cm³/mol. The molecule has 0 spiro atoms. The van der Waals surface area contributed by atoms with Crippen LogP contribution in [0.2, 0.25) is 0 Å². The van der Waals surface area contributed by atoms with Gasteiger partial charge in [-0.1, -0.05) is 19.3 Å². The Hall–Kier alpha value is -1.83. The van der Waals surface area contributed by atoms with E-state index in [0.717, 1.165) is 30.6 Å². The Labute approximate surface area is 157 Å². The summed E-state index contributed by atoms with van der Waals surface area (Å²) >= 11 is 0. The lowest BCUT2D eigenvalue weighted by molar-refractivity contribution is 0.0355. The van der Waals surface area contributed by atoms with Crippen LogP contribution in [0.1, 0.15) is 73.6 Å². The van der Waals surface area contributed by atoms with Gasteiger partial charge in [-0.05, 0) is 60.9 Å². The molecule has 0 radical (unpaired) electrons. The highest BCUT2D eigenvalue weighted by Gasteiger charge is 2.27. The van der Waals surface area contributed by atoms with Gasteiger partial charge in [0.1, 0.15) is 11.2 Å². The highest BCUT2D eigenvalue weighted by Crippen LogP contribution is 2.12. The second kappa shape index (κ2) is 11.0. The summed E-state index contributed by atoms with van der Waals surface area (Å²) in [6.45, 7) is 11.4. The molecule has 26 heavy (non-hydrogen) atoms. The minimum atomic E-state index is -0.779. The molecule has 8 nitrogen and oxygen atoms in total. The van der Waals surface area contributed by atoms with Crippen LogP contribution < -0.4 is 11.1 Å². The molecular formula is C18H36N4O4. The average Bonchev–Trinajstić information content (AvgIpc) is 2.41. The first-order valence-corrected chi connectivity index (χ1v) is 9.15. The Morgan fingerprint density at radius 2 is 1.42 bits per heavy atom. The maximum atomic E-state index is 12.4. The number of unbranched alkanes of at least 4 members (excludes halogenated alkanes) is 4. The molecule has 0 aromatic heterocycles. The smallest absolute Gasteiger partial charge is 0.417 e. The Morgan fingerprint density at radius 1 is 0.923 bits per heavy atom. The fourth-order valence-corrected chi connectivity index (χ4v) is 2.02. The van der Waals surface area contributed by atoms with Crippen LogP contribution in [0.25, 0.3) is 0 Å². The first-order chi connectivity index (χ1) is 11.9. The number of guanidine groups is 1. The van der Waals surface area contributed by atoms with Gasteiger partial charge in [0.2, 0.25) is 5.96 Å². The highest BCUT2D eigenvalue weighted by molar-refractivity contribution is 5.99. The van der Waals surface area contributed by atoms with E-state index < -0.39 is 23.4 Å². The molecule has 0 aliphatic rings. The lowest BCUT2D eigenvalue weighted by atomic mass is 10.1. The minimum Gasteiger partial charge on any atom is -0.444 e. The Kier molecular flexibility index (Phi) is 10.2. The highest BCUT2D eigenvalue weighted by atomic mass is 16.6.